The van der Waals surface area contributed by atoms with Gasteiger partial charge in [0.2, 0.25) is 0 Å². The highest BCUT2D eigenvalue weighted by Gasteiger charge is 2.25. The molecule has 0 aromatic rings. The van der Waals surface area contributed by atoms with E-state index in [9.17, 15) is 0 Å². The van der Waals surface area contributed by atoms with Crippen molar-refractivity contribution >= 4 is 0 Å². The third kappa shape index (κ3) is 7.15. The lowest BCUT2D eigenvalue weighted by atomic mass is 9.93. The van der Waals surface area contributed by atoms with Crippen LogP contribution in [0.1, 0.15) is 79.1 Å². The molecule has 0 saturated heterocycles. The third-order valence-electron chi connectivity index (χ3n) is 5.43. The van der Waals surface area contributed by atoms with Gasteiger partial charge in [0.25, 0.3) is 0 Å². The Balaban J connectivity index is 2.55. The van der Waals surface area contributed by atoms with Crippen LogP contribution in [-0.4, -0.2) is 37.1 Å². The van der Waals surface area contributed by atoms with Gasteiger partial charge in [0.05, 0.1) is 0 Å². The summed E-state index contributed by atoms with van der Waals surface area (Å²) in [6, 6.07) is 0.767. The molecule has 2 nitrogen and oxygen atoms in total. The first kappa shape index (κ1) is 19.0. The zero-order valence-corrected chi connectivity index (χ0v) is 15.2. The summed E-state index contributed by atoms with van der Waals surface area (Å²) < 4.78 is 0. The second-order valence-electron chi connectivity index (χ2n) is 6.99. The molecule has 0 heterocycles. The summed E-state index contributed by atoms with van der Waals surface area (Å²) in [4.78, 5) is 2.73. The van der Waals surface area contributed by atoms with Crippen LogP contribution in [0.5, 0.6) is 0 Å². The Labute approximate surface area is 134 Å². The normalized spacial score (nSPS) is 23.7. The molecule has 0 amide bonds. The smallest absolute Gasteiger partial charge is 0.0107 e. The van der Waals surface area contributed by atoms with Crippen molar-refractivity contribution in [3.8, 4) is 0 Å². The molecule has 126 valence electrons. The quantitative estimate of drug-likeness (QED) is 0.588. The van der Waals surface area contributed by atoms with Gasteiger partial charge in [-0.15, -0.1) is 0 Å². The van der Waals surface area contributed by atoms with Crippen molar-refractivity contribution in [1.82, 2.24) is 10.2 Å². The van der Waals surface area contributed by atoms with Crippen LogP contribution in [0, 0.1) is 11.8 Å². The van der Waals surface area contributed by atoms with Crippen molar-refractivity contribution in [3.63, 3.8) is 0 Å². The van der Waals surface area contributed by atoms with Gasteiger partial charge in [0, 0.05) is 19.1 Å². The molecule has 0 aromatic carbocycles. The number of rotatable bonds is 10. The molecular formula is C19H40N2. The van der Waals surface area contributed by atoms with Crippen LogP contribution in [0.15, 0.2) is 0 Å². The Hall–Kier alpha value is -0.0800. The van der Waals surface area contributed by atoms with Crippen LogP contribution >= 0.6 is 0 Å². The van der Waals surface area contributed by atoms with Crippen LogP contribution in [0.25, 0.3) is 0 Å². The maximum Gasteiger partial charge on any atom is 0.0107 e. The molecule has 1 aliphatic carbocycles. The number of hydrogen-bond acceptors (Lipinski definition) is 2. The van der Waals surface area contributed by atoms with Crippen molar-refractivity contribution in [3.05, 3.63) is 0 Å². The zero-order valence-electron chi connectivity index (χ0n) is 15.2. The fourth-order valence-electron chi connectivity index (χ4n) is 3.78. The van der Waals surface area contributed by atoms with E-state index in [0.717, 1.165) is 17.9 Å². The molecule has 0 aliphatic heterocycles. The fourth-order valence-corrected chi connectivity index (χ4v) is 3.78. The van der Waals surface area contributed by atoms with E-state index < -0.39 is 0 Å². The van der Waals surface area contributed by atoms with E-state index >= 15 is 0 Å². The average molecular weight is 297 g/mol. The summed E-state index contributed by atoms with van der Waals surface area (Å²) in [6.07, 6.45) is 11.1. The SMILES string of the molecule is CCCNC1CCCCCC1CN(CC)CC(CC)CC. The van der Waals surface area contributed by atoms with E-state index in [1.165, 1.54) is 77.5 Å². The topological polar surface area (TPSA) is 15.3 Å². The molecular weight excluding hydrogens is 256 g/mol. The van der Waals surface area contributed by atoms with E-state index in [-0.39, 0.29) is 0 Å². The minimum Gasteiger partial charge on any atom is -0.314 e. The maximum absolute atomic E-state index is 3.85. The van der Waals surface area contributed by atoms with Gasteiger partial charge >= 0.3 is 0 Å². The van der Waals surface area contributed by atoms with Crippen LogP contribution in [0.4, 0.5) is 0 Å². The van der Waals surface area contributed by atoms with Gasteiger partial charge in [-0.1, -0.05) is 59.8 Å². The summed E-state index contributed by atoms with van der Waals surface area (Å²) in [5.74, 6) is 1.76. The summed E-state index contributed by atoms with van der Waals surface area (Å²) in [5.41, 5.74) is 0. The molecule has 21 heavy (non-hydrogen) atoms. The van der Waals surface area contributed by atoms with E-state index in [2.05, 4.69) is 37.9 Å². The van der Waals surface area contributed by atoms with E-state index in [1.54, 1.807) is 0 Å². The molecule has 1 fully saturated rings. The van der Waals surface area contributed by atoms with Crippen molar-refractivity contribution in [2.75, 3.05) is 26.2 Å². The van der Waals surface area contributed by atoms with E-state index in [4.69, 9.17) is 0 Å². The van der Waals surface area contributed by atoms with Gasteiger partial charge in [-0.2, -0.15) is 0 Å². The van der Waals surface area contributed by atoms with Gasteiger partial charge in [0.15, 0.2) is 0 Å². The average Bonchev–Trinajstić information content (AvgIpc) is 2.74. The van der Waals surface area contributed by atoms with E-state index in [0.29, 0.717) is 0 Å². The van der Waals surface area contributed by atoms with Crippen LogP contribution < -0.4 is 5.32 Å². The van der Waals surface area contributed by atoms with Crippen LogP contribution in [0.2, 0.25) is 0 Å². The summed E-state index contributed by atoms with van der Waals surface area (Å²) in [7, 11) is 0. The summed E-state index contributed by atoms with van der Waals surface area (Å²) in [5, 5.41) is 3.85. The van der Waals surface area contributed by atoms with Crippen molar-refractivity contribution < 1.29 is 0 Å². The minimum absolute atomic E-state index is 0.767. The standard InChI is InChI=1S/C19H40N2/c1-5-14-20-19-13-11-9-10-12-18(19)16-21(8-4)15-17(6-2)7-3/h17-20H,5-16H2,1-4H3. The molecule has 2 unspecified atom stereocenters. The molecule has 1 saturated carbocycles. The Morgan fingerprint density at radius 1 is 1.00 bits per heavy atom. The lowest BCUT2D eigenvalue weighted by molar-refractivity contribution is 0.174. The van der Waals surface area contributed by atoms with Gasteiger partial charge in [-0.3, -0.25) is 0 Å². The van der Waals surface area contributed by atoms with Crippen molar-refractivity contribution in [2.24, 2.45) is 11.8 Å². The lowest BCUT2D eigenvalue weighted by Crippen LogP contribution is -2.43. The molecule has 2 heteroatoms. The van der Waals surface area contributed by atoms with Crippen LogP contribution in [-0.2, 0) is 0 Å². The van der Waals surface area contributed by atoms with E-state index in [1.807, 2.05) is 0 Å². The monoisotopic (exact) mass is 296 g/mol. The van der Waals surface area contributed by atoms with Crippen molar-refractivity contribution in [2.45, 2.75) is 85.1 Å². The largest absolute Gasteiger partial charge is 0.314 e. The first-order valence-corrected chi connectivity index (χ1v) is 9.70. The van der Waals surface area contributed by atoms with Gasteiger partial charge < -0.3 is 10.2 Å². The molecule has 1 N–H and O–H groups in total. The summed E-state index contributed by atoms with van der Waals surface area (Å²) >= 11 is 0. The van der Waals surface area contributed by atoms with Gasteiger partial charge in [-0.05, 0) is 44.2 Å². The molecule has 1 aliphatic rings. The Morgan fingerprint density at radius 2 is 1.71 bits per heavy atom. The summed E-state index contributed by atoms with van der Waals surface area (Å²) in [6.45, 7) is 14.3. The zero-order chi connectivity index (χ0) is 15.5. The van der Waals surface area contributed by atoms with Crippen molar-refractivity contribution in [1.29, 1.82) is 0 Å². The molecule has 0 radical (unpaired) electrons. The molecule has 2 atom stereocenters. The number of nitrogens with one attached hydrogen (secondary N) is 1. The van der Waals surface area contributed by atoms with Gasteiger partial charge in [-0.25, -0.2) is 0 Å². The Kier molecular flexibility index (Phi) is 10.4. The second kappa shape index (κ2) is 11.5. The third-order valence-corrected chi connectivity index (χ3v) is 5.43. The highest BCUT2D eigenvalue weighted by Crippen LogP contribution is 2.25. The Bertz CT molecular complexity index is 238. The second-order valence-corrected chi connectivity index (χ2v) is 6.99. The highest BCUT2D eigenvalue weighted by atomic mass is 15.1. The first-order valence-electron chi connectivity index (χ1n) is 9.70. The molecule has 0 spiro atoms. The van der Waals surface area contributed by atoms with Gasteiger partial charge in [0.1, 0.15) is 0 Å². The number of nitrogens with zero attached hydrogens (tertiary/aromatic N) is 1. The lowest BCUT2D eigenvalue weighted by Gasteiger charge is -2.33. The van der Waals surface area contributed by atoms with Crippen LogP contribution in [0.3, 0.4) is 0 Å². The highest BCUT2D eigenvalue weighted by molar-refractivity contribution is 4.82. The molecule has 0 bridgehead atoms. The first-order chi connectivity index (χ1) is 10.2. The predicted octanol–water partition coefficient (Wildman–Crippen LogP) is 4.69. The fraction of sp³-hybridized carbons (Fsp3) is 1.00. The molecule has 1 rings (SSSR count). The maximum atomic E-state index is 3.85. The predicted molar refractivity (Wildman–Crippen MR) is 94.8 cm³/mol. The minimum atomic E-state index is 0.767. The number of hydrogen-bond donors (Lipinski definition) is 1. The molecule has 0 aromatic heterocycles. The Morgan fingerprint density at radius 3 is 2.33 bits per heavy atom.